The van der Waals surface area contributed by atoms with Gasteiger partial charge in [-0.25, -0.2) is 4.79 Å². The molecule has 0 aromatic heterocycles. The third kappa shape index (κ3) is 2.63. The van der Waals surface area contributed by atoms with Gasteiger partial charge in [0.1, 0.15) is 5.54 Å². The van der Waals surface area contributed by atoms with Crippen molar-refractivity contribution in [3.8, 4) is 0 Å². The van der Waals surface area contributed by atoms with E-state index in [4.69, 9.17) is 5.11 Å². The van der Waals surface area contributed by atoms with Crippen LogP contribution in [0.25, 0.3) is 0 Å². The SMILES string of the molecule is C=CN(Cc1ccccc1)C(C)(C)C(=O)O. The Morgan fingerprint density at radius 3 is 2.44 bits per heavy atom. The predicted molar refractivity (Wildman–Crippen MR) is 63.9 cm³/mol. The molecular formula is C13H17NO2. The number of rotatable bonds is 5. The van der Waals surface area contributed by atoms with E-state index in [2.05, 4.69) is 6.58 Å². The lowest BCUT2D eigenvalue weighted by atomic mass is 10.0. The van der Waals surface area contributed by atoms with Crippen molar-refractivity contribution in [1.29, 1.82) is 0 Å². The zero-order valence-corrected chi connectivity index (χ0v) is 9.68. The van der Waals surface area contributed by atoms with Gasteiger partial charge in [0, 0.05) is 6.54 Å². The minimum absolute atomic E-state index is 0.545. The summed E-state index contributed by atoms with van der Waals surface area (Å²) >= 11 is 0. The number of carboxylic acids is 1. The van der Waals surface area contributed by atoms with Crippen molar-refractivity contribution in [1.82, 2.24) is 4.90 Å². The summed E-state index contributed by atoms with van der Waals surface area (Å²) in [6, 6.07) is 9.74. The van der Waals surface area contributed by atoms with E-state index in [0.717, 1.165) is 5.56 Å². The molecule has 1 rings (SSSR count). The summed E-state index contributed by atoms with van der Waals surface area (Å²) in [5.74, 6) is -0.858. The summed E-state index contributed by atoms with van der Waals surface area (Å²) in [5.41, 5.74) is 0.120. The number of carboxylic acid groups (broad SMARTS) is 1. The van der Waals surface area contributed by atoms with E-state index in [1.807, 2.05) is 30.3 Å². The molecule has 86 valence electrons. The molecule has 0 amide bonds. The highest BCUT2D eigenvalue weighted by Crippen LogP contribution is 2.18. The van der Waals surface area contributed by atoms with Crippen LogP contribution in [0.2, 0.25) is 0 Å². The Hall–Kier alpha value is -1.77. The van der Waals surface area contributed by atoms with Crippen LogP contribution in [0.3, 0.4) is 0 Å². The predicted octanol–water partition coefficient (Wildman–Crippen LogP) is 2.50. The fourth-order valence-corrected chi connectivity index (χ4v) is 1.39. The summed E-state index contributed by atoms with van der Waals surface area (Å²) in [7, 11) is 0. The molecule has 0 unspecified atom stereocenters. The van der Waals surface area contributed by atoms with Gasteiger partial charge in [-0.3, -0.25) is 0 Å². The molecule has 0 saturated carbocycles. The van der Waals surface area contributed by atoms with Gasteiger partial charge >= 0.3 is 5.97 Å². The van der Waals surface area contributed by atoms with Crippen LogP contribution in [0.5, 0.6) is 0 Å². The molecule has 0 aliphatic rings. The number of carbonyl (C=O) groups is 1. The lowest BCUT2D eigenvalue weighted by Crippen LogP contribution is -2.46. The summed E-state index contributed by atoms with van der Waals surface area (Å²) in [6.45, 7) is 7.55. The van der Waals surface area contributed by atoms with E-state index < -0.39 is 11.5 Å². The molecule has 0 bridgehead atoms. The van der Waals surface area contributed by atoms with Crippen LogP contribution in [-0.4, -0.2) is 21.5 Å². The van der Waals surface area contributed by atoms with Crippen LogP contribution < -0.4 is 0 Å². The first-order valence-corrected chi connectivity index (χ1v) is 5.15. The zero-order valence-electron chi connectivity index (χ0n) is 9.68. The first kappa shape index (κ1) is 12.3. The average molecular weight is 219 g/mol. The van der Waals surface area contributed by atoms with E-state index in [9.17, 15) is 4.79 Å². The van der Waals surface area contributed by atoms with Crippen LogP contribution in [0.15, 0.2) is 43.1 Å². The Balaban J connectivity index is 2.85. The third-order valence-electron chi connectivity index (χ3n) is 2.66. The smallest absolute Gasteiger partial charge is 0.328 e. The Bertz CT molecular complexity index is 371. The lowest BCUT2D eigenvalue weighted by Gasteiger charge is -2.34. The van der Waals surface area contributed by atoms with Gasteiger partial charge in [-0.2, -0.15) is 0 Å². The molecule has 0 radical (unpaired) electrons. The molecule has 0 spiro atoms. The second-order valence-corrected chi connectivity index (χ2v) is 4.16. The molecule has 3 nitrogen and oxygen atoms in total. The number of nitrogens with zero attached hydrogens (tertiary/aromatic N) is 1. The van der Waals surface area contributed by atoms with E-state index in [0.29, 0.717) is 6.54 Å². The Morgan fingerprint density at radius 2 is 2.00 bits per heavy atom. The molecule has 1 aromatic rings. The summed E-state index contributed by atoms with van der Waals surface area (Å²) in [5, 5.41) is 9.13. The molecule has 0 saturated heterocycles. The highest BCUT2D eigenvalue weighted by molar-refractivity contribution is 5.77. The maximum Gasteiger partial charge on any atom is 0.328 e. The second kappa shape index (κ2) is 4.84. The normalized spacial score (nSPS) is 10.9. The van der Waals surface area contributed by atoms with Gasteiger partial charge in [0.25, 0.3) is 0 Å². The quantitative estimate of drug-likeness (QED) is 0.827. The molecule has 0 aliphatic heterocycles. The Morgan fingerprint density at radius 1 is 1.44 bits per heavy atom. The highest BCUT2D eigenvalue weighted by atomic mass is 16.4. The Labute approximate surface area is 96.0 Å². The lowest BCUT2D eigenvalue weighted by molar-refractivity contribution is -0.148. The standard InChI is InChI=1S/C13H17NO2/c1-4-14(13(2,3)12(15)16)10-11-8-6-5-7-9-11/h4-9H,1,10H2,2-3H3,(H,15,16). The minimum atomic E-state index is -0.947. The maximum atomic E-state index is 11.1. The van der Waals surface area contributed by atoms with E-state index in [-0.39, 0.29) is 0 Å². The van der Waals surface area contributed by atoms with Gasteiger partial charge in [-0.05, 0) is 25.6 Å². The van der Waals surface area contributed by atoms with Crippen molar-refractivity contribution in [2.24, 2.45) is 0 Å². The van der Waals surface area contributed by atoms with Crippen LogP contribution >= 0.6 is 0 Å². The number of benzene rings is 1. The fourth-order valence-electron chi connectivity index (χ4n) is 1.39. The minimum Gasteiger partial charge on any atom is -0.480 e. The van der Waals surface area contributed by atoms with Crippen molar-refractivity contribution in [2.75, 3.05) is 0 Å². The topological polar surface area (TPSA) is 40.5 Å². The van der Waals surface area contributed by atoms with Crippen LogP contribution in [-0.2, 0) is 11.3 Å². The maximum absolute atomic E-state index is 11.1. The largest absolute Gasteiger partial charge is 0.480 e. The molecule has 0 fully saturated rings. The van der Waals surface area contributed by atoms with Gasteiger partial charge in [-0.15, -0.1) is 0 Å². The molecule has 1 aromatic carbocycles. The highest BCUT2D eigenvalue weighted by Gasteiger charge is 2.32. The first-order valence-electron chi connectivity index (χ1n) is 5.15. The van der Waals surface area contributed by atoms with Crippen LogP contribution in [0, 0.1) is 0 Å². The summed E-state index contributed by atoms with van der Waals surface area (Å²) < 4.78 is 0. The van der Waals surface area contributed by atoms with Crippen LogP contribution in [0.4, 0.5) is 0 Å². The van der Waals surface area contributed by atoms with Crippen molar-refractivity contribution < 1.29 is 9.90 Å². The number of aliphatic carboxylic acids is 1. The molecule has 0 aliphatic carbocycles. The molecule has 16 heavy (non-hydrogen) atoms. The molecular weight excluding hydrogens is 202 g/mol. The Kier molecular flexibility index (Phi) is 3.72. The van der Waals surface area contributed by atoms with Gasteiger partial charge in [0.15, 0.2) is 0 Å². The summed E-state index contributed by atoms with van der Waals surface area (Å²) in [6.07, 6.45) is 1.57. The monoisotopic (exact) mass is 219 g/mol. The first-order chi connectivity index (χ1) is 7.48. The van der Waals surface area contributed by atoms with Crippen molar-refractivity contribution >= 4 is 5.97 Å². The van der Waals surface area contributed by atoms with Gasteiger partial charge in [-0.1, -0.05) is 36.9 Å². The third-order valence-corrected chi connectivity index (χ3v) is 2.66. The molecule has 0 heterocycles. The van der Waals surface area contributed by atoms with Crippen molar-refractivity contribution in [3.05, 3.63) is 48.7 Å². The fraction of sp³-hybridized carbons (Fsp3) is 0.308. The van der Waals surface area contributed by atoms with Gasteiger partial charge in [0.2, 0.25) is 0 Å². The van der Waals surface area contributed by atoms with E-state index in [1.165, 1.54) is 0 Å². The number of hydrogen-bond donors (Lipinski definition) is 1. The van der Waals surface area contributed by atoms with Crippen molar-refractivity contribution in [3.63, 3.8) is 0 Å². The van der Waals surface area contributed by atoms with Crippen molar-refractivity contribution in [2.45, 2.75) is 25.9 Å². The average Bonchev–Trinajstić information content (AvgIpc) is 2.26. The second-order valence-electron chi connectivity index (χ2n) is 4.16. The summed E-state index contributed by atoms with van der Waals surface area (Å²) in [4.78, 5) is 12.8. The van der Waals surface area contributed by atoms with E-state index in [1.54, 1.807) is 24.9 Å². The molecule has 1 N–H and O–H groups in total. The van der Waals surface area contributed by atoms with E-state index >= 15 is 0 Å². The van der Waals surface area contributed by atoms with Gasteiger partial charge in [0.05, 0.1) is 0 Å². The molecule has 3 heteroatoms. The van der Waals surface area contributed by atoms with Gasteiger partial charge < -0.3 is 10.0 Å². The number of hydrogen-bond acceptors (Lipinski definition) is 2. The van der Waals surface area contributed by atoms with Crippen LogP contribution in [0.1, 0.15) is 19.4 Å². The molecule has 0 atom stereocenters. The zero-order chi connectivity index (χ0) is 12.2.